The van der Waals surface area contributed by atoms with E-state index in [4.69, 9.17) is 27.9 Å². The lowest BCUT2D eigenvalue weighted by Gasteiger charge is -2.20. The van der Waals surface area contributed by atoms with Gasteiger partial charge >= 0.3 is 0 Å². The average molecular weight is 303 g/mol. The van der Waals surface area contributed by atoms with Crippen molar-refractivity contribution < 1.29 is 9.53 Å². The van der Waals surface area contributed by atoms with Gasteiger partial charge in [0.05, 0.1) is 17.2 Å². The predicted molar refractivity (Wildman–Crippen MR) is 78.2 cm³/mol. The van der Waals surface area contributed by atoms with Crippen LogP contribution in [0.25, 0.3) is 0 Å². The molecule has 0 saturated carbocycles. The normalized spacial score (nSPS) is 11.3. The van der Waals surface area contributed by atoms with Gasteiger partial charge < -0.3 is 9.64 Å². The van der Waals surface area contributed by atoms with Gasteiger partial charge in [-0.3, -0.25) is 4.79 Å². The Kier molecular flexibility index (Phi) is 6.12. The van der Waals surface area contributed by atoms with Crippen molar-refractivity contribution in [1.29, 1.82) is 0 Å². The van der Waals surface area contributed by atoms with Crippen LogP contribution >= 0.6 is 23.2 Å². The molecule has 1 aromatic carbocycles. The Morgan fingerprint density at radius 1 is 1.26 bits per heavy atom. The molecule has 0 aromatic heterocycles. The van der Waals surface area contributed by atoms with Crippen LogP contribution in [0.4, 0.5) is 0 Å². The van der Waals surface area contributed by atoms with E-state index in [-0.39, 0.29) is 0 Å². The topological polar surface area (TPSA) is 41.9 Å². The van der Waals surface area contributed by atoms with Crippen molar-refractivity contribution >= 4 is 35.1 Å². The molecule has 1 rings (SSSR count). The molecule has 4 nitrogen and oxygen atoms in total. The van der Waals surface area contributed by atoms with Crippen LogP contribution < -0.4 is 0 Å². The van der Waals surface area contributed by atoms with Gasteiger partial charge in [-0.05, 0) is 32.0 Å². The number of hydrogen-bond donors (Lipinski definition) is 0. The first-order valence-electron chi connectivity index (χ1n) is 5.90. The molecular formula is C13H16Cl2N2O2. The maximum absolute atomic E-state index is 12.0. The standard InChI is InChI=1S/C13H16Cl2N2O2/c1-4-17(5-2)13(19-3)16-12(18)9-6-7-10(14)11(15)8-9/h6-8H,4-5H2,1-3H3. The van der Waals surface area contributed by atoms with Crippen LogP contribution in [0.5, 0.6) is 0 Å². The van der Waals surface area contributed by atoms with E-state index in [2.05, 4.69) is 4.99 Å². The van der Waals surface area contributed by atoms with Crippen LogP contribution in [-0.2, 0) is 4.74 Å². The zero-order valence-corrected chi connectivity index (χ0v) is 12.6. The van der Waals surface area contributed by atoms with Gasteiger partial charge in [-0.1, -0.05) is 23.2 Å². The molecule has 0 bridgehead atoms. The van der Waals surface area contributed by atoms with E-state index in [0.717, 1.165) is 0 Å². The Morgan fingerprint density at radius 3 is 2.37 bits per heavy atom. The number of halogens is 2. The molecule has 0 aliphatic heterocycles. The minimum atomic E-state index is -0.415. The molecule has 0 fully saturated rings. The Balaban J connectivity index is 3.01. The van der Waals surface area contributed by atoms with E-state index in [1.807, 2.05) is 18.7 Å². The summed E-state index contributed by atoms with van der Waals surface area (Å²) in [7, 11) is 1.49. The molecule has 1 amide bonds. The largest absolute Gasteiger partial charge is 0.468 e. The molecule has 0 radical (unpaired) electrons. The van der Waals surface area contributed by atoms with Crippen LogP contribution in [0.2, 0.25) is 10.0 Å². The lowest BCUT2D eigenvalue weighted by molar-refractivity contribution is 0.0996. The van der Waals surface area contributed by atoms with Crippen molar-refractivity contribution in [2.45, 2.75) is 13.8 Å². The summed E-state index contributed by atoms with van der Waals surface area (Å²) in [6.45, 7) is 5.33. The van der Waals surface area contributed by atoms with Gasteiger partial charge in [-0.2, -0.15) is 4.99 Å². The smallest absolute Gasteiger partial charge is 0.295 e. The second-order valence-corrected chi connectivity index (χ2v) is 4.52. The minimum absolute atomic E-state index is 0.293. The Bertz CT molecular complexity index is 486. The summed E-state index contributed by atoms with van der Waals surface area (Å²) in [5.74, 6) is -0.415. The van der Waals surface area contributed by atoms with E-state index < -0.39 is 5.91 Å². The van der Waals surface area contributed by atoms with Crippen molar-refractivity contribution in [3.8, 4) is 0 Å². The highest BCUT2D eigenvalue weighted by atomic mass is 35.5. The number of benzene rings is 1. The molecule has 6 heteroatoms. The lowest BCUT2D eigenvalue weighted by Crippen LogP contribution is -2.32. The maximum Gasteiger partial charge on any atom is 0.295 e. The molecular weight excluding hydrogens is 287 g/mol. The number of amides is 1. The fourth-order valence-electron chi connectivity index (χ4n) is 1.52. The van der Waals surface area contributed by atoms with Crippen molar-refractivity contribution in [3.63, 3.8) is 0 Å². The molecule has 0 saturated heterocycles. The van der Waals surface area contributed by atoms with Gasteiger partial charge in [0.15, 0.2) is 0 Å². The van der Waals surface area contributed by atoms with Gasteiger partial charge in [0.1, 0.15) is 0 Å². The Labute approximate surface area is 123 Å². The summed E-state index contributed by atoms with van der Waals surface area (Å²) in [6.07, 6.45) is 0. The number of rotatable bonds is 3. The quantitative estimate of drug-likeness (QED) is 0.634. The number of carbonyl (C=O) groups excluding carboxylic acids is 1. The maximum atomic E-state index is 12.0. The first kappa shape index (κ1) is 15.8. The fraction of sp³-hybridized carbons (Fsp3) is 0.385. The first-order valence-corrected chi connectivity index (χ1v) is 6.66. The molecule has 0 unspecified atom stereocenters. The highest BCUT2D eigenvalue weighted by Crippen LogP contribution is 2.22. The monoisotopic (exact) mass is 302 g/mol. The molecule has 0 heterocycles. The summed E-state index contributed by atoms with van der Waals surface area (Å²) < 4.78 is 5.14. The van der Waals surface area contributed by atoms with Crippen LogP contribution in [-0.4, -0.2) is 37.0 Å². The first-order chi connectivity index (χ1) is 9.03. The van der Waals surface area contributed by atoms with Crippen molar-refractivity contribution in [1.82, 2.24) is 4.90 Å². The molecule has 0 N–H and O–H groups in total. The molecule has 0 aliphatic carbocycles. The predicted octanol–water partition coefficient (Wildman–Crippen LogP) is 3.48. The second kappa shape index (κ2) is 7.36. The van der Waals surface area contributed by atoms with Gasteiger partial charge in [0, 0.05) is 18.7 Å². The minimum Gasteiger partial charge on any atom is -0.468 e. The average Bonchev–Trinajstić information content (AvgIpc) is 2.41. The van der Waals surface area contributed by atoms with Crippen LogP contribution in [0.1, 0.15) is 24.2 Å². The number of aliphatic imine (C=N–C) groups is 1. The lowest BCUT2D eigenvalue weighted by atomic mass is 10.2. The number of ether oxygens (including phenoxy) is 1. The summed E-state index contributed by atoms with van der Waals surface area (Å²) in [5, 5.41) is 0.724. The SMILES string of the molecule is CCN(CC)C(=NC(=O)c1ccc(Cl)c(Cl)c1)OC. The Morgan fingerprint density at radius 2 is 1.89 bits per heavy atom. The zero-order valence-electron chi connectivity index (χ0n) is 11.1. The fourth-order valence-corrected chi connectivity index (χ4v) is 1.82. The van der Waals surface area contributed by atoms with Gasteiger partial charge in [0.2, 0.25) is 0 Å². The van der Waals surface area contributed by atoms with E-state index in [0.29, 0.717) is 34.7 Å². The van der Waals surface area contributed by atoms with E-state index in [1.165, 1.54) is 13.2 Å². The van der Waals surface area contributed by atoms with Crippen LogP contribution in [0.3, 0.4) is 0 Å². The van der Waals surface area contributed by atoms with Crippen molar-refractivity contribution in [2.75, 3.05) is 20.2 Å². The van der Waals surface area contributed by atoms with E-state index in [1.54, 1.807) is 12.1 Å². The summed E-state index contributed by atoms with van der Waals surface area (Å²) in [4.78, 5) is 17.8. The summed E-state index contributed by atoms with van der Waals surface area (Å²) in [6, 6.07) is 4.93. The zero-order chi connectivity index (χ0) is 14.4. The molecule has 19 heavy (non-hydrogen) atoms. The van der Waals surface area contributed by atoms with Gasteiger partial charge in [-0.15, -0.1) is 0 Å². The molecule has 0 atom stereocenters. The van der Waals surface area contributed by atoms with E-state index in [9.17, 15) is 4.79 Å². The molecule has 104 valence electrons. The second-order valence-electron chi connectivity index (χ2n) is 3.70. The third kappa shape index (κ3) is 4.11. The molecule has 0 aliphatic rings. The van der Waals surface area contributed by atoms with Crippen molar-refractivity contribution in [2.24, 2.45) is 4.99 Å². The summed E-state index contributed by atoms with van der Waals surface area (Å²) >= 11 is 11.7. The highest BCUT2D eigenvalue weighted by molar-refractivity contribution is 6.42. The number of amidine groups is 1. The van der Waals surface area contributed by atoms with Crippen molar-refractivity contribution in [3.05, 3.63) is 33.8 Å². The summed E-state index contributed by atoms with van der Waals surface area (Å²) in [5.41, 5.74) is 0.371. The van der Waals surface area contributed by atoms with Gasteiger partial charge in [0.25, 0.3) is 11.9 Å². The highest BCUT2D eigenvalue weighted by Gasteiger charge is 2.13. The number of hydrogen-bond acceptors (Lipinski definition) is 2. The van der Waals surface area contributed by atoms with Gasteiger partial charge in [-0.25, -0.2) is 0 Å². The Hall–Kier alpha value is -1.26. The molecule has 1 aromatic rings. The molecule has 0 spiro atoms. The number of nitrogens with zero attached hydrogens (tertiary/aromatic N) is 2. The number of carbonyl (C=O) groups is 1. The number of methoxy groups -OCH3 is 1. The van der Waals surface area contributed by atoms with Crippen LogP contribution in [0, 0.1) is 0 Å². The third-order valence-electron chi connectivity index (χ3n) is 2.58. The van der Waals surface area contributed by atoms with E-state index >= 15 is 0 Å². The van der Waals surface area contributed by atoms with Crippen LogP contribution in [0.15, 0.2) is 23.2 Å². The third-order valence-corrected chi connectivity index (χ3v) is 3.32.